The number of carboxylic acid groups (broad SMARTS) is 1. The number of carboxylic acids is 1. The van der Waals surface area contributed by atoms with Crippen molar-refractivity contribution in [3.05, 3.63) is 47.7 Å². The van der Waals surface area contributed by atoms with Crippen LogP contribution in [0.25, 0.3) is 10.9 Å². The monoisotopic (exact) mass is 484 g/mol. The molecule has 0 aliphatic carbocycles. The number of aliphatic carboxylic acids is 1. The Labute approximate surface area is 208 Å². The first-order valence-electron chi connectivity index (χ1n) is 12.1. The highest BCUT2D eigenvalue weighted by atomic mass is 16.4. The number of amides is 2. The van der Waals surface area contributed by atoms with E-state index in [2.05, 4.69) is 10.6 Å². The van der Waals surface area contributed by atoms with E-state index < -0.39 is 24.1 Å². The van der Waals surface area contributed by atoms with Gasteiger partial charge in [-0.15, -0.1) is 0 Å². The summed E-state index contributed by atoms with van der Waals surface area (Å²) in [6, 6.07) is 6.39. The number of rotatable bonds is 11. The summed E-state index contributed by atoms with van der Waals surface area (Å²) in [4.78, 5) is 39.7. The number of nitrogens with one attached hydrogen (secondary N) is 2. The Kier molecular flexibility index (Phi) is 9.65. The molecule has 0 unspecified atom stereocenters. The summed E-state index contributed by atoms with van der Waals surface area (Å²) in [6.45, 7) is 9.16. The second kappa shape index (κ2) is 12.0. The van der Waals surface area contributed by atoms with Crippen LogP contribution in [-0.2, 0) is 27.9 Å². The lowest BCUT2D eigenvalue weighted by Gasteiger charge is -2.34. The largest absolute Gasteiger partial charge is 0.478 e. The van der Waals surface area contributed by atoms with E-state index in [1.165, 1.54) is 6.92 Å². The third-order valence-corrected chi connectivity index (χ3v) is 6.53. The number of likely N-dealkylation sites (N-methyl/N-ethyl adjacent to an activating group) is 2. The molecule has 0 aliphatic heterocycles. The molecule has 0 radical (unpaired) electrons. The summed E-state index contributed by atoms with van der Waals surface area (Å²) in [7, 11) is 5.38. The number of benzene rings is 1. The smallest absolute Gasteiger partial charge is 0.331 e. The van der Waals surface area contributed by atoms with E-state index in [0.717, 1.165) is 16.5 Å². The molecule has 8 heteroatoms. The maximum Gasteiger partial charge on any atom is 0.331 e. The summed E-state index contributed by atoms with van der Waals surface area (Å²) < 4.78 is 2.05. The Bertz CT molecular complexity index is 1090. The van der Waals surface area contributed by atoms with Gasteiger partial charge in [0.1, 0.15) is 6.04 Å². The lowest BCUT2D eigenvalue weighted by atomic mass is 9.96. The Morgan fingerprint density at radius 2 is 1.74 bits per heavy atom. The van der Waals surface area contributed by atoms with E-state index in [0.29, 0.717) is 6.42 Å². The van der Waals surface area contributed by atoms with Gasteiger partial charge in [-0.05, 0) is 43.9 Å². The van der Waals surface area contributed by atoms with Crippen molar-refractivity contribution in [2.75, 3.05) is 14.1 Å². The fourth-order valence-electron chi connectivity index (χ4n) is 4.35. The van der Waals surface area contributed by atoms with Crippen LogP contribution < -0.4 is 10.6 Å². The van der Waals surface area contributed by atoms with Gasteiger partial charge in [-0.25, -0.2) is 4.79 Å². The molecule has 3 atom stereocenters. The quantitative estimate of drug-likeness (QED) is 0.426. The number of carbonyl (C=O) groups excluding carboxylic acids is 2. The van der Waals surface area contributed by atoms with Crippen LogP contribution in [0.4, 0.5) is 0 Å². The highest BCUT2D eigenvalue weighted by Crippen LogP contribution is 2.22. The Hall–Kier alpha value is -3.13. The standard InChI is InChI=1S/C27H40N4O4/c1-16(2)23(13-18(5)27(34)35)31(8)26(33)24(17(3)4)29-25(32)21(28-6)14-19-15-30(7)22-12-10-9-11-20(19)22/h9-13,15-17,21,23-24,28H,14H2,1-8H3,(H,29,32)(H,34,35)/t21-,23-,24-/m1/s1. The van der Waals surface area contributed by atoms with E-state index in [-0.39, 0.29) is 29.2 Å². The van der Waals surface area contributed by atoms with Gasteiger partial charge in [-0.1, -0.05) is 52.0 Å². The highest BCUT2D eigenvalue weighted by Gasteiger charge is 2.33. The fraction of sp³-hybridized carbons (Fsp3) is 0.519. The van der Waals surface area contributed by atoms with Crippen molar-refractivity contribution in [1.29, 1.82) is 0 Å². The number of hydrogen-bond acceptors (Lipinski definition) is 4. The number of aromatic nitrogens is 1. The Morgan fingerprint density at radius 3 is 2.29 bits per heavy atom. The van der Waals surface area contributed by atoms with E-state index in [9.17, 15) is 19.5 Å². The average Bonchev–Trinajstić information content (AvgIpc) is 3.12. The van der Waals surface area contributed by atoms with E-state index in [4.69, 9.17) is 0 Å². The first kappa shape index (κ1) is 28.1. The number of carbonyl (C=O) groups is 3. The molecule has 192 valence electrons. The molecule has 1 aromatic carbocycles. The topological polar surface area (TPSA) is 104 Å². The first-order valence-corrected chi connectivity index (χ1v) is 12.1. The van der Waals surface area contributed by atoms with Gasteiger partial charge >= 0.3 is 5.97 Å². The van der Waals surface area contributed by atoms with Crippen LogP contribution in [0.1, 0.15) is 40.2 Å². The SMILES string of the molecule is CN[C@H](Cc1cn(C)c2ccccc12)C(=O)N[C@@H](C(=O)N(C)[C@H](C=C(C)C(=O)O)C(C)C)C(C)C. The minimum atomic E-state index is -1.02. The van der Waals surface area contributed by atoms with Crippen molar-refractivity contribution in [1.82, 2.24) is 20.1 Å². The van der Waals surface area contributed by atoms with Crippen LogP contribution in [-0.4, -0.2) is 64.6 Å². The molecule has 1 heterocycles. The zero-order valence-corrected chi connectivity index (χ0v) is 22.1. The van der Waals surface area contributed by atoms with Gasteiger partial charge in [0.25, 0.3) is 0 Å². The maximum atomic E-state index is 13.5. The van der Waals surface area contributed by atoms with Crippen molar-refractivity contribution >= 4 is 28.7 Å². The molecule has 2 amide bonds. The number of nitrogens with zero attached hydrogens (tertiary/aromatic N) is 2. The first-order chi connectivity index (χ1) is 16.4. The van der Waals surface area contributed by atoms with Crippen LogP contribution in [0.5, 0.6) is 0 Å². The van der Waals surface area contributed by atoms with E-state index in [1.807, 2.05) is 69.8 Å². The van der Waals surface area contributed by atoms with Gasteiger partial charge in [0.2, 0.25) is 11.8 Å². The summed E-state index contributed by atoms with van der Waals surface area (Å²) in [5.41, 5.74) is 2.33. The molecule has 0 bridgehead atoms. The zero-order valence-electron chi connectivity index (χ0n) is 22.1. The number of hydrogen-bond donors (Lipinski definition) is 3. The molecule has 0 fully saturated rings. The van der Waals surface area contributed by atoms with Crippen molar-refractivity contribution in [3.63, 3.8) is 0 Å². The van der Waals surface area contributed by atoms with Gasteiger partial charge < -0.3 is 25.2 Å². The second-order valence-corrected chi connectivity index (χ2v) is 9.90. The number of para-hydroxylation sites is 1. The van der Waals surface area contributed by atoms with Crippen molar-refractivity contribution in [2.45, 2.75) is 59.2 Å². The Balaban J connectivity index is 2.24. The molecule has 2 aromatic rings. The minimum Gasteiger partial charge on any atom is -0.478 e. The highest BCUT2D eigenvalue weighted by molar-refractivity contribution is 5.91. The van der Waals surface area contributed by atoms with Crippen molar-refractivity contribution in [3.8, 4) is 0 Å². The third kappa shape index (κ3) is 6.72. The average molecular weight is 485 g/mol. The molecule has 0 aliphatic rings. The lowest BCUT2D eigenvalue weighted by Crippen LogP contribution is -2.56. The third-order valence-electron chi connectivity index (χ3n) is 6.53. The van der Waals surface area contributed by atoms with Crippen LogP contribution in [0.2, 0.25) is 0 Å². The van der Waals surface area contributed by atoms with Crippen LogP contribution in [0, 0.1) is 11.8 Å². The second-order valence-electron chi connectivity index (χ2n) is 9.90. The zero-order chi connectivity index (χ0) is 26.4. The molecular formula is C27H40N4O4. The molecule has 2 rings (SSSR count). The van der Waals surface area contributed by atoms with E-state index >= 15 is 0 Å². The summed E-state index contributed by atoms with van der Waals surface area (Å²) >= 11 is 0. The van der Waals surface area contributed by atoms with Gasteiger partial charge in [-0.2, -0.15) is 0 Å². The molecule has 35 heavy (non-hydrogen) atoms. The van der Waals surface area contributed by atoms with Crippen molar-refractivity contribution < 1.29 is 19.5 Å². The summed E-state index contributed by atoms with van der Waals surface area (Å²) in [5.74, 6) is -1.67. The van der Waals surface area contributed by atoms with Gasteiger partial charge in [-0.3, -0.25) is 9.59 Å². The molecule has 0 saturated carbocycles. The predicted molar refractivity (Wildman–Crippen MR) is 139 cm³/mol. The maximum absolute atomic E-state index is 13.5. The van der Waals surface area contributed by atoms with Crippen molar-refractivity contribution in [2.24, 2.45) is 18.9 Å². The lowest BCUT2D eigenvalue weighted by molar-refractivity contribution is -0.138. The molecule has 3 N–H and O–H groups in total. The predicted octanol–water partition coefficient (Wildman–Crippen LogP) is 2.96. The van der Waals surface area contributed by atoms with E-state index in [1.54, 1.807) is 25.1 Å². The van der Waals surface area contributed by atoms with Crippen LogP contribution in [0.15, 0.2) is 42.1 Å². The van der Waals surface area contributed by atoms with Gasteiger partial charge in [0.15, 0.2) is 0 Å². The number of fused-ring (bicyclic) bond motifs is 1. The normalized spacial score (nSPS) is 14.7. The summed E-state index contributed by atoms with van der Waals surface area (Å²) in [6.07, 6.45) is 4.11. The van der Waals surface area contributed by atoms with Gasteiger partial charge in [0.05, 0.1) is 12.1 Å². The van der Waals surface area contributed by atoms with Crippen LogP contribution in [0.3, 0.4) is 0 Å². The summed E-state index contributed by atoms with van der Waals surface area (Å²) in [5, 5.41) is 16.4. The van der Waals surface area contributed by atoms with Gasteiger partial charge in [0, 0.05) is 36.8 Å². The molecule has 1 aromatic heterocycles. The number of aryl methyl sites for hydroxylation is 1. The molecular weight excluding hydrogens is 444 g/mol. The molecule has 0 saturated heterocycles. The Morgan fingerprint density at radius 1 is 1.11 bits per heavy atom. The van der Waals surface area contributed by atoms with Crippen LogP contribution >= 0.6 is 0 Å². The molecule has 8 nitrogen and oxygen atoms in total. The molecule has 0 spiro atoms. The minimum absolute atomic E-state index is 0.00168. The fourth-order valence-corrected chi connectivity index (χ4v) is 4.35.